The maximum atomic E-state index is 12.7. The highest BCUT2D eigenvalue weighted by Crippen LogP contribution is 2.39. The summed E-state index contributed by atoms with van der Waals surface area (Å²) in [5.74, 6) is -0.889. The van der Waals surface area contributed by atoms with Gasteiger partial charge in [-0.15, -0.1) is 11.3 Å². The number of carbonyl (C=O) groups excluding carboxylic acids is 1. The molecule has 3 heterocycles. The molecule has 0 N–H and O–H groups in total. The Morgan fingerprint density at radius 3 is 2.68 bits per heavy atom. The monoisotopic (exact) mass is 468 g/mol. The van der Waals surface area contributed by atoms with Gasteiger partial charge in [-0.25, -0.2) is 18.4 Å². The van der Waals surface area contributed by atoms with E-state index >= 15 is 0 Å². The zero-order valence-corrected chi connectivity index (χ0v) is 19.7. The number of rotatable bonds is 6. The molecule has 1 aliphatic carbocycles. The van der Waals surface area contributed by atoms with Crippen LogP contribution in [0.5, 0.6) is 5.88 Å². The maximum absolute atomic E-state index is 12.7. The summed E-state index contributed by atoms with van der Waals surface area (Å²) in [7, 11) is 1.64. The van der Waals surface area contributed by atoms with Gasteiger partial charge in [0.25, 0.3) is 0 Å². The van der Waals surface area contributed by atoms with E-state index in [9.17, 15) is 13.2 Å². The Hall–Kier alpha value is -1.82. The Morgan fingerprint density at radius 1 is 1.26 bits per heavy atom. The summed E-state index contributed by atoms with van der Waals surface area (Å²) in [5.41, 5.74) is 0.886. The standard InChI is InChI=1S/C20H28N4O5S2/c1-23(2)13-4-6-14(7-5-13)29-19-18-15-10-24(31(26,27)11-17(25)28-3)9-8-16(15)30-20(18)22-12-21-19/h12-14H,4-11H2,1-3H3. The summed E-state index contributed by atoms with van der Waals surface area (Å²) < 4.78 is 37.5. The predicted octanol–water partition coefficient (Wildman–Crippen LogP) is 1.80. The lowest BCUT2D eigenvalue weighted by Gasteiger charge is -2.32. The number of aromatic nitrogens is 2. The summed E-state index contributed by atoms with van der Waals surface area (Å²) in [4.78, 5) is 24.5. The minimum Gasteiger partial charge on any atom is -0.474 e. The predicted molar refractivity (Wildman–Crippen MR) is 118 cm³/mol. The number of fused-ring (bicyclic) bond motifs is 3. The lowest BCUT2D eigenvalue weighted by atomic mass is 9.92. The number of esters is 1. The van der Waals surface area contributed by atoms with Crippen LogP contribution in [0.15, 0.2) is 6.33 Å². The van der Waals surface area contributed by atoms with Crippen LogP contribution < -0.4 is 4.74 Å². The first kappa shape index (κ1) is 22.4. The van der Waals surface area contributed by atoms with Gasteiger partial charge in [0, 0.05) is 24.0 Å². The lowest BCUT2D eigenvalue weighted by molar-refractivity contribution is -0.137. The van der Waals surface area contributed by atoms with Crippen molar-refractivity contribution in [2.24, 2.45) is 0 Å². The van der Waals surface area contributed by atoms with Gasteiger partial charge in [-0.05, 0) is 51.8 Å². The first-order valence-corrected chi connectivity index (χ1v) is 12.8. The van der Waals surface area contributed by atoms with Crippen LogP contribution >= 0.6 is 11.3 Å². The van der Waals surface area contributed by atoms with Crippen LogP contribution in [-0.4, -0.2) is 79.2 Å². The average Bonchev–Trinajstić information content (AvgIpc) is 3.12. The van der Waals surface area contributed by atoms with E-state index in [1.165, 1.54) is 17.7 Å². The number of methoxy groups -OCH3 is 1. The molecule has 9 nitrogen and oxygen atoms in total. The molecule has 4 rings (SSSR count). The van der Waals surface area contributed by atoms with Gasteiger partial charge >= 0.3 is 5.97 Å². The quantitative estimate of drug-likeness (QED) is 0.592. The SMILES string of the molecule is COC(=O)CS(=O)(=O)N1CCc2sc3ncnc(OC4CCC(N(C)C)CC4)c3c2C1. The highest BCUT2D eigenvalue weighted by molar-refractivity contribution is 7.89. The van der Waals surface area contributed by atoms with E-state index in [0.717, 1.165) is 46.3 Å². The van der Waals surface area contributed by atoms with E-state index in [1.807, 2.05) is 0 Å². The Bertz CT molecular complexity index is 1060. The minimum absolute atomic E-state index is 0.0904. The molecule has 2 aliphatic rings. The van der Waals surface area contributed by atoms with E-state index in [-0.39, 0.29) is 12.6 Å². The second-order valence-corrected chi connectivity index (χ2v) is 11.3. The number of ether oxygens (including phenoxy) is 2. The normalized spacial score (nSPS) is 22.5. The van der Waals surface area contributed by atoms with Crippen LogP contribution in [-0.2, 0) is 32.5 Å². The summed E-state index contributed by atoms with van der Waals surface area (Å²) in [5, 5.41) is 0.801. The molecule has 0 amide bonds. The van der Waals surface area contributed by atoms with E-state index < -0.39 is 21.7 Å². The maximum Gasteiger partial charge on any atom is 0.322 e. The lowest BCUT2D eigenvalue weighted by Crippen LogP contribution is -2.39. The van der Waals surface area contributed by atoms with Gasteiger partial charge in [-0.3, -0.25) is 4.79 Å². The Labute approximate surface area is 186 Å². The van der Waals surface area contributed by atoms with E-state index in [1.54, 1.807) is 11.3 Å². The first-order chi connectivity index (χ1) is 14.8. The van der Waals surface area contributed by atoms with Crippen LogP contribution in [0, 0.1) is 0 Å². The third-order valence-electron chi connectivity index (χ3n) is 6.13. The number of thiophene rings is 1. The number of nitrogens with zero attached hydrogens (tertiary/aromatic N) is 4. The van der Waals surface area contributed by atoms with Gasteiger partial charge in [-0.1, -0.05) is 0 Å². The molecule has 2 aromatic rings. The second kappa shape index (κ2) is 8.97. The zero-order chi connectivity index (χ0) is 22.2. The summed E-state index contributed by atoms with van der Waals surface area (Å²) in [6.07, 6.45) is 6.25. The molecule has 1 fully saturated rings. The van der Waals surface area contributed by atoms with E-state index in [0.29, 0.717) is 24.9 Å². The third kappa shape index (κ3) is 4.69. The van der Waals surface area contributed by atoms with Crippen LogP contribution in [0.4, 0.5) is 0 Å². The van der Waals surface area contributed by atoms with E-state index in [4.69, 9.17) is 4.74 Å². The highest BCUT2D eigenvalue weighted by Gasteiger charge is 2.33. The highest BCUT2D eigenvalue weighted by atomic mass is 32.2. The number of hydrogen-bond donors (Lipinski definition) is 0. The van der Waals surface area contributed by atoms with Crippen molar-refractivity contribution >= 4 is 37.5 Å². The third-order valence-corrected chi connectivity index (χ3v) is 9.03. The topological polar surface area (TPSA) is 102 Å². The molecule has 2 aromatic heterocycles. The van der Waals surface area contributed by atoms with Crippen molar-refractivity contribution in [1.29, 1.82) is 0 Å². The van der Waals surface area contributed by atoms with Gasteiger partial charge in [0.15, 0.2) is 5.75 Å². The minimum atomic E-state index is -3.76. The van der Waals surface area contributed by atoms with Gasteiger partial charge in [-0.2, -0.15) is 4.31 Å². The molecule has 0 saturated heterocycles. The molecule has 1 aliphatic heterocycles. The molecule has 170 valence electrons. The molecule has 31 heavy (non-hydrogen) atoms. The van der Waals surface area contributed by atoms with E-state index in [2.05, 4.69) is 33.7 Å². The zero-order valence-electron chi connectivity index (χ0n) is 18.0. The van der Waals surface area contributed by atoms with Gasteiger partial charge in [0.1, 0.15) is 17.3 Å². The Kier molecular flexibility index (Phi) is 6.47. The molecular formula is C20H28N4O5S2. The van der Waals surface area contributed by atoms with Crippen molar-refractivity contribution in [3.05, 3.63) is 16.8 Å². The largest absolute Gasteiger partial charge is 0.474 e. The molecule has 0 aromatic carbocycles. The van der Waals surface area contributed by atoms with Crippen molar-refractivity contribution in [3.63, 3.8) is 0 Å². The fraction of sp³-hybridized carbons (Fsp3) is 0.650. The summed E-state index contributed by atoms with van der Waals surface area (Å²) in [6, 6.07) is 0.577. The summed E-state index contributed by atoms with van der Waals surface area (Å²) >= 11 is 1.56. The Balaban J connectivity index is 1.57. The number of hydrogen-bond acceptors (Lipinski definition) is 9. The number of sulfonamides is 1. The average molecular weight is 469 g/mol. The second-order valence-electron chi connectivity index (χ2n) is 8.29. The van der Waals surface area contributed by atoms with Gasteiger partial charge in [0.2, 0.25) is 15.9 Å². The fourth-order valence-corrected chi connectivity index (χ4v) is 6.74. The molecular weight excluding hydrogens is 440 g/mol. The van der Waals surface area contributed by atoms with Crippen LogP contribution in [0.3, 0.4) is 0 Å². The van der Waals surface area contributed by atoms with Crippen molar-refractivity contribution < 1.29 is 22.7 Å². The first-order valence-electron chi connectivity index (χ1n) is 10.4. The molecule has 1 saturated carbocycles. The Morgan fingerprint density at radius 2 is 2.00 bits per heavy atom. The number of carbonyl (C=O) groups is 1. The fourth-order valence-electron chi connectivity index (χ4n) is 4.32. The van der Waals surface area contributed by atoms with Crippen molar-refractivity contribution in [2.75, 3.05) is 33.5 Å². The van der Waals surface area contributed by atoms with Crippen LogP contribution in [0.1, 0.15) is 36.1 Å². The molecule has 0 radical (unpaired) electrons. The van der Waals surface area contributed by atoms with Gasteiger partial charge < -0.3 is 14.4 Å². The smallest absolute Gasteiger partial charge is 0.322 e. The molecule has 11 heteroatoms. The molecule has 0 unspecified atom stereocenters. The molecule has 0 bridgehead atoms. The van der Waals surface area contributed by atoms with Crippen molar-refractivity contribution in [1.82, 2.24) is 19.2 Å². The van der Waals surface area contributed by atoms with Crippen LogP contribution in [0.2, 0.25) is 0 Å². The molecule has 0 atom stereocenters. The molecule has 0 spiro atoms. The van der Waals surface area contributed by atoms with Crippen LogP contribution in [0.25, 0.3) is 10.2 Å². The summed E-state index contributed by atoms with van der Waals surface area (Å²) in [6.45, 7) is 0.517. The van der Waals surface area contributed by atoms with Crippen molar-refractivity contribution in [2.45, 2.75) is 50.8 Å². The van der Waals surface area contributed by atoms with Gasteiger partial charge in [0.05, 0.1) is 12.5 Å². The van der Waals surface area contributed by atoms with Crippen molar-refractivity contribution in [3.8, 4) is 5.88 Å².